The second-order valence-corrected chi connectivity index (χ2v) is 6.77. The van der Waals surface area contributed by atoms with Gasteiger partial charge in [-0.15, -0.1) is 0 Å². The molecule has 20 heavy (non-hydrogen) atoms. The maximum Gasteiger partial charge on any atom is 0.410 e. The molecule has 6 nitrogen and oxygen atoms in total. The highest BCUT2D eigenvalue weighted by atomic mass is 16.6. The molecule has 2 unspecified atom stereocenters. The van der Waals surface area contributed by atoms with Crippen molar-refractivity contribution in [1.82, 2.24) is 10.2 Å². The van der Waals surface area contributed by atoms with Crippen molar-refractivity contribution in [3.8, 4) is 0 Å². The Hall–Kier alpha value is -0.850. The lowest BCUT2D eigenvalue weighted by molar-refractivity contribution is -0.0754. The molecule has 2 aliphatic heterocycles. The number of hydrogen-bond acceptors (Lipinski definition) is 5. The van der Waals surface area contributed by atoms with Gasteiger partial charge in [0.2, 0.25) is 0 Å². The molecule has 2 heterocycles. The van der Waals surface area contributed by atoms with Gasteiger partial charge < -0.3 is 24.8 Å². The number of β-amino-alcohol motifs (C(OH)–C–C–N with tert-alkyl or cyclic N) is 1. The molecular formula is C14H26N2O4. The molecule has 0 saturated carbocycles. The van der Waals surface area contributed by atoms with Crippen LogP contribution in [0.3, 0.4) is 0 Å². The molecule has 116 valence electrons. The third-order valence-corrected chi connectivity index (χ3v) is 3.62. The van der Waals surface area contributed by atoms with Crippen LogP contribution in [0.5, 0.6) is 0 Å². The Morgan fingerprint density at radius 1 is 1.55 bits per heavy atom. The quantitative estimate of drug-likeness (QED) is 0.783. The standard InChI is InChI=1S/C14H26N2O4/c1-13(2,3)20-12(17)16-6-7-19-11(9-16)8-14(18)4-5-15-10-14/h11,15,18H,4-10H2,1-3H3. The predicted molar refractivity (Wildman–Crippen MR) is 74.6 cm³/mol. The summed E-state index contributed by atoms with van der Waals surface area (Å²) >= 11 is 0. The van der Waals surface area contributed by atoms with E-state index < -0.39 is 11.2 Å². The van der Waals surface area contributed by atoms with E-state index in [1.807, 2.05) is 20.8 Å². The number of morpholine rings is 1. The van der Waals surface area contributed by atoms with Crippen molar-refractivity contribution >= 4 is 6.09 Å². The molecule has 2 saturated heterocycles. The van der Waals surface area contributed by atoms with E-state index in [2.05, 4.69) is 5.32 Å². The normalized spacial score (nSPS) is 31.4. The molecular weight excluding hydrogens is 260 g/mol. The molecule has 0 aromatic heterocycles. The summed E-state index contributed by atoms with van der Waals surface area (Å²) in [5.41, 5.74) is -1.19. The Balaban J connectivity index is 1.86. The first kappa shape index (κ1) is 15.5. The minimum absolute atomic E-state index is 0.124. The van der Waals surface area contributed by atoms with Crippen LogP contribution in [0.1, 0.15) is 33.6 Å². The first-order chi connectivity index (χ1) is 9.27. The van der Waals surface area contributed by atoms with E-state index in [0.717, 1.165) is 13.0 Å². The van der Waals surface area contributed by atoms with Crippen LogP contribution in [-0.2, 0) is 9.47 Å². The van der Waals surface area contributed by atoms with E-state index in [1.54, 1.807) is 4.90 Å². The average molecular weight is 286 g/mol. The number of amides is 1. The Kier molecular flexibility index (Phi) is 4.56. The number of carbonyl (C=O) groups excluding carboxylic acids is 1. The number of carbonyl (C=O) groups is 1. The van der Waals surface area contributed by atoms with Crippen LogP contribution < -0.4 is 5.32 Å². The van der Waals surface area contributed by atoms with E-state index >= 15 is 0 Å². The molecule has 0 aromatic rings. The molecule has 0 aliphatic carbocycles. The van der Waals surface area contributed by atoms with Crippen molar-refractivity contribution < 1.29 is 19.4 Å². The van der Waals surface area contributed by atoms with Crippen molar-refractivity contribution in [2.75, 3.05) is 32.8 Å². The summed E-state index contributed by atoms with van der Waals surface area (Å²) in [4.78, 5) is 13.7. The number of hydrogen-bond donors (Lipinski definition) is 2. The van der Waals surface area contributed by atoms with Crippen molar-refractivity contribution in [3.63, 3.8) is 0 Å². The lowest BCUT2D eigenvalue weighted by Gasteiger charge is -2.36. The highest BCUT2D eigenvalue weighted by Gasteiger charge is 2.37. The van der Waals surface area contributed by atoms with Gasteiger partial charge in [0.05, 0.1) is 24.9 Å². The van der Waals surface area contributed by atoms with Gasteiger partial charge in [0.25, 0.3) is 0 Å². The molecule has 0 bridgehead atoms. The third kappa shape index (κ3) is 4.33. The van der Waals surface area contributed by atoms with Crippen LogP contribution in [0.25, 0.3) is 0 Å². The van der Waals surface area contributed by atoms with Gasteiger partial charge >= 0.3 is 6.09 Å². The van der Waals surface area contributed by atoms with Gasteiger partial charge in [-0.25, -0.2) is 4.79 Å². The molecule has 0 radical (unpaired) electrons. The summed E-state index contributed by atoms with van der Waals surface area (Å²) in [7, 11) is 0. The van der Waals surface area contributed by atoms with Crippen LogP contribution in [0.15, 0.2) is 0 Å². The second-order valence-electron chi connectivity index (χ2n) is 6.77. The molecule has 2 aliphatic rings. The number of aliphatic hydroxyl groups is 1. The molecule has 2 N–H and O–H groups in total. The van der Waals surface area contributed by atoms with Gasteiger partial charge in [-0.3, -0.25) is 0 Å². The van der Waals surface area contributed by atoms with Gasteiger partial charge in [-0.1, -0.05) is 0 Å². The van der Waals surface area contributed by atoms with Crippen LogP contribution >= 0.6 is 0 Å². The summed E-state index contributed by atoms with van der Waals surface area (Å²) in [5, 5.41) is 13.5. The van der Waals surface area contributed by atoms with Crippen LogP contribution in [0.2, 0.25) is 0 Å². The highest BCUT2D eigenvalue weighted by Crippen LogP contribution is 2.24. The van der Waals surface area contributed by atoms with Crippen molar-refractivity contribution in [3.05, 3.63) is 0 Å². The lowest BCUT2D eigenvalue weighted by atomic mass is 9.94. The molecule has 1 amide bonds. The Labute approximate surface area is 120 Å². The van der Waals surface area contributed by atoms with E-state index in [4.69, 9.17) is 9.47 Å². The summed E-state index contributed by atoms with van der Waals surface area (Å²) in [6, 6.07) is 0. The summed E-state index contributed by atoms with van der Waals surface area (Å²) < 4.78 is 11.1. The first-order valence-electron chi connectivity index (χ1n) is 7.30. The fourth-order valence-corrected chi connectivity index (χ4v) is 2.66. The monoisotopic (exact) mass is 286 g/mol. The van der Waals surface area contributed by atoms with E-state index in [9.17, 15) is 9.90 Å². The molecule has 2 rings (SSSR count). The van der Waals surface area contributed by atoms with E-state index in [0.29, 0.717) is 32.7 Å². The Bertz CT molecular complexity index is 348. The van der Waals surface area contributed by atoms with E-state index in [1.165, 1.54) is 0 Å². The predicted octanol–water partition coefficient (Wildman–Crippen LogP) is 0.737. The molecule has 0 spiro atoms. The van der Waals surface area contributed by atoms with E-state index in [-0.39, 0.29) is 12.2 Å². The van der Waals surface area contributed by atoms with Gasteiger partial charge in [0.15, 0.2) is 0 Å². The highest BCUT2D eigenvalue weighted by molar-refractivity contribution is 5.68. The minimum Gasteiger partial charge on any atom is -0.444 e. The molecule has 6 heteroatoms. The number of nitrogens with one attached hydrogen (secondary N) is 1. The average Bonchev–Trinajstić information content (AvgIpc) is 2.74. The maximum absolute atomic E-state index is 12.0. The third-order valence-electron chi connectivity index (χ3n) is 3.62. The first-order valence-corrected chi connectivity index (χ1v) is 7.30. The molecule has 2 atom stereocenters. The maximum atomic E-state index is 12.0. The van der Waals surface area contributed by atoms with Crippen LogP contribution in [0.4, 0.5) is 4.79 Å². The van der Waals surface area contributed by atoms with Gasteiger partial charge in [0.1, 0.15) is 5.60 Å². The topological polar surface area (TPSA) is 71.0 Å². The number of rotatable bonds is 2. The lowest BCUT2D eigenvalue weighted by Crippen LogP contribution is -2.50. The van der Waals surface area contributed by atoms with Crippen molar-refractivity contribution in [2.45, 2.75) is 50.9 Å². The fraction of sp³-hybridized carbons (Fsp3) is 0.929. The number of ether oxygens (including phenoxy) is 2. The van der Waals surface area contributed by atoms with Crippen LogP contribution in [-0.4, -0.2) is 66.2 Å². The van der Waals surface area contributed by atoms with Gasteiger partial charge in [0, 0.05) is 19.5 Å². The number of nitrogens with zero attached hydrogens (tertiary/aromatic N) is 1. The minimum atomic E-state index is -0.707. The molecule has 0 aromatic carbocycles. The molecule has 2 fully saturated rings. The van der Waals surface area contributed by atoms with Crippen molar-refractivity contribution in [2.24, 2.45) is 0 Å². The zero-order valence-corrected chi connectivity index (χ0v) is 12.6. The summed E-state index contributed by atoms with van der Waals surface area (Å²) in [5.74, 6) is 0. The van der Waals surface area contributed by atoms with Gasteiger partial charge in [-0.2, -0.15) is 0 Å². The summed E-state index contributed by atoms with van der Waals surface area (Å²) in [6.45, 7) is 8.52. The Morgan fingerprint density at radius 3 is 2.90 bits per heavy atom. The second kappa shape index (κ2) is 5.87. The zero-order chi connectivity index (χ0) is 14.8. The Morgan fingerprint density at radius 2 is 2.30 bits per heavy atom. The summed E-state index contributed by atoms with van der Waals surface area (Å²) in [6.07, 6.45) is 0.863. The largest absolute Gasteiger partial charge is 0.444 e. The van der Waals surface area contributed by atoms with Gasteiger partial charge in [-0.05, 0) is 33.7 Å². The van der Waals surface area contributed by atoms with Crippen LogP contribution in [0, 0.1) is 0 Å². The zero-order valence-electron chi connectivity index (χ0n) is 12.6. The fourth-order valence-electron chi connectivity index (χ4n) is 2.66. The smallest absolute Gasteiger partial charge is 0.410 e. The van der Waals surface area contributed by atoms with Crippen molar-refractivity contribution in [1.29, 1.82) is 0 Å². The SMILES string of the molecule is CC(C)(C)OC(=O)N1CCOC(CC2(O)CCNC2)C1.